The third kappa shape index (κ3) is 3.74. The van der Waals surface area contributed by atoms with Gasteiger partial charge in [-0.3, -0.25) is 9.59 Å². The summed E-state index contributed by atoms with van der Waals surface area (Å²) in [6, 6.07) is 2.36. The van der Waals surface area contributed by atoms with E-state index in [1.54, 1.807) is 19.1 Å². The summed E-state index contributed by atoms with van der Waals surface area (Å²) in [7, 11) is 0. The minimum atomic E-state index is -1.19. The van der Waals surface area contributed by atoms with Crippen molar-refractivity contribution in [3.63, 3.8) is 0 Å². The number of carboxylic acids is 1. The number of hydrogen-bond acceptors (Lipinski definition) is 4. The number of nitrogens with one attached hydrogen (secondary N) is 1. The maximum absolute atomic E-state index is 11.2. The summed E-state index contributed by atoms with van der Waals surface area (Å²) in [4.78, 5) is 21.6. The minimum Gasteiger partial charge on any atom is -0.480 e. The van der Waals surface area contributed by atoms with Crippen LogP contribution < -0.4 is 11.1 Å². The van der Waals surface area contributed by atoms with Crippen LogP contribution in [0.4, 0.5) is 0 Å². The van der Waals surface area contributed by atoms with E-state index in [4.69, 9.17) is 15.3 Å². The minimum absolute atomic E-state index is 0.235. The molecule has 1 amide bonds. The van der Waals surface area contributed by atoms with Gasteiger partial charge in [-0.1, -0.05) is 0 Å². The fraction of sp³-hybridized carbons (Fsp3) is 0.400. The first kappa shape index (κ1) is 12.3. The molecule has 88 valence electrons. The number of aliphatic carboxylic acids is 1. The van der Waals surface area contributed by atoms with Gasteiger partial charge < -0.3 is 20.6 Å². The van der Waals surface area contributed by atoms with Crippen molar-refractivity contribution in [1.82, 2.24) is 5.32 Å². The Labute approximate surface area is 92.4 Å². The van der Waals surface area contributed by atoms with Gasteiger partial charge in [0.2, 0.25) is 5.91 Å². The van der Waals surface area contributed by atoms with E-state index in [0.717, 1.165) is 5.76 Å². The van der Waals surface area contributed by atoms with Crippen LogP contribution in [0.25, 0.3) is 0 Å². The van der Waals surface area contributed by atoms with Gasteiger partial charge in [-0.2, -0.15) is 0 Å². The highest BCUT2D eigenvalue weighted by molar-refractivity contribution is 5.84. The molecule has 0 bridgehead atoms. The number of carboxylic acid groups (broad SMARTS) is 1. The maximum atomic E-state index is 11.2. The predicted molar refractivity (Wildman–Crippen MR) is 55.5 cm³/mol. The lowest BCUT2D eigenvalue weighted by Crippen LogP contribution is -2.36. The molecule has 0 aromatic carbocycles. The summed E-state index contributed by atoms with van der Waals surface area (Å²) in [6.45, 7) is 2.03. The normalized spacial score (nSPS) is 12.1. The van der Waals surface area contributed by atoms with Crippen molar-refractivity contribution in [1.29, 1.82) is 0 Å². The summed E-state index contributed by atoms with van der Waals surface area (Å²) in [6.07, 6.45) is -0.241. The Morgan fingerprint density at radius 3 is 2.75 bits per heavy atom. The zero-order valence-corrected chi connectivity index (χ0v) is 8.90. The van der Waals surface area contributed by atoms with Crippen molar-refractivity contribution in [3.8, 4) is 0 Å². The van der Waals surface area contributed by atoms with Crippen LogP contribution in [0.5, 0.6) is 0 Å². The fourth-order valence-corrected chi connectivity index (χ4v) is 1.13. The van der Waals surface area contributed by atoms with Gasteiger partial charge in [0.1, 0.15) is 17.6 Å². The standard InChI is InChI=1S/C10H14N2O4/c1-6-2-3-7(16-6)5-12-9(13)4-8(11)10(14)15/h2-3,8H,4-5,11H2,1H3,(H,12,13)(H,14,15). The average molecular weight is 226 g/mol. The molecular formula is C10H14N2O4. The van der Waals surface area contributed by atoms with E-state index in [1.165, 1.54) is 0 Å². The highest BCUT2D eigenvalue weighted by atomic mass is 16.4. The highest BCUT2D eigenvalue weighted by Gasteiger charge is 2.16. The van der Waals surface area contributed by atoms with Crippen LogP contribution in [-0.2, 0) is 16.1 Å². The molecule has 0 spiro atoms. The van der Waals surface area contributed by atoms with Crippen molar-refractivity contribution >= 4 is 11.9 Å². The van der Waals surface area contributed by atoms with Gasteiger partial charge >= 0.3 is 5.97 Å². The van der Waals surface area contributed by atoms with Crippen LogP contribution in [0, 0.1) is 6.92 Å². The molecule has 1 rings (SSSR count). The first-order valence-electron chi connectivity index (χ1n) is 4.79. The first-order chi connectivity index (χ1) is 7.49. The molecule has 0 saturated carbocycles. The Balaban J connectivity index is 2.33. The van der Waals surface area contributed by atoms with E-state index < -0.39 is 17.9 Å². The topological polar surface area (TPSA) is 106 Å². The molecule has 6 heteroatoms. The lowest BCUT2D eigenvalue weighted by atomic mass is 10.2. The Bertz CT molecular complexity index is 386. The Hall–Kier alpha value is -1.82. The second-order valence-corrected chi connectivity index (χ2v) is 3.44. The Morgan fingerprint density at radius 2 is 2.25 bits per heavy atom. The van der Waals surface area contributed by atoms with Crippen molar-refractivity contribution in [3.05, 3.63) is 23.7 Å². The van der Waals surface area contributed by atoms with E-state index in [9.17, 15) is 9.59 Å². The van der Waals surface area contributed by atoms with Gasteiger partial charge in [0, 0.05) is 0 Å². The highest BCUT2D eigenvalue weighted by Crippen LogP contribution is 2.05. The van der Waals surface area contributed by atoms with Gasteiger partial charge in [0.05, 0.1) is 13.0 Å². The molecule has 1 atom stereocenters. The molecule has 1 unspecified atom stereocenters. The van der Waals surface area contributed by atoms with Crippen molar-refractivity contribution in [2.45, 2.75) is 25.9 Å². The average Bonchev–Trinajstić information content (AvgIpc) is 2.61. The fourth-order valence-electron chi connectivity index (χ4n) is 1.13. The van der Waals surface area contributed by atoms with Gasteiger partial charge in [-0.15, -0.1) is 0 Å². The van der Waals surface area contributed by atoms with Gasteiger partial charge in [0.25, 0.3) is 0 Å². The monoisotopic (exact) mass is 226 g/mol. The molecule has 1 aromatic rings. The summed E-state index contributed by atoms with van der Waals surface area (Å²) < 4.78 is 5.22. The molecule has 0 aliphatic heterocycles. The second-order valence-electron chi connectivity index (χ2n) is 3.44. The van der Waals surface area contributed by atoms with Crippen LogP contribution in [0.2, 0.25) is 0 Å². The molecule has 0 fully saturated rings. The molecule has 0 saturated heterocycles. The lowest BCUT2D eigenvalue weighted by molar-refractivity contribution is -0.140. The number of aryl methyl sites for hydroxylation is 1. The van der Waals surface area contributed by atoms with E-state index in [-0.39, 0.29) is 13.0 Å². The van der Waals surface area contributed by atoms with Gasteiger partial charge in [0.15, 0.2) is 0 Å². The summed E-state index contributed by atoms with van der Waals surface area (Å²) in [5, 5.41) is 11.0. The van der Waals surface area contributed by atoms with Gasteiger partial charge in [-0.25, -0.2) is 0 Å². The summed E-state index contributed by atoms with van der Waals surface area (Å²) >= 11 is 0. The predicted octanol–water partition coefficient (Wildman–Crippen LogP) is 0.00622. The molecule has 1 aromatic heterocycles. The quantitative estimate of drug-likeness (QED) is 0.655. The van der Waals surface area contributed by atoms with Crippen LogP contribution >= 0.6 is 0 Å². The zero-order chi connectivity index (χ0) is 12.1. The Morgan fingerprint density at radius 1 is 1.56 bits per heavy atom. The molecule has 1 heterocycles. The molecule has 0 aliphatic carbocycles. The van der Waals surface area contributed by atoms with E-state index in [1.807, 2.05) is 0 Å². The van der Waals surface area contributed by atoms with E-state index >= 15 is 0 Å². The van der Waals surface area contributed by atoms with Crippen LogP contribution in [-0.4, -0.2) is 23.0 Å². The SMILES string of the molecule is Cc1ccc(CNC(=O)CC(N)C(=O)O)o1. The van der Waals surface area contributed by atoms with Crippen molar-refractivity contribution in [2.75, 3.05) is 0 Å². The third-order valence-corrected chi connectivity index (χ3v) is 1.98. The zero-order valence-electron chi connectivity index (χ0n) is 8.90. The number of rotatable bonds is 5. The molecule has 0 aliphatic rings. The molecule has 0 radical (unpaired) electrons. The number of amides is 1. The van der Waals surface area contributed by atoms with Crippen LogP contribution in [0.1, 0.15) is 17.9 Å². The molecule has 4 N–H and O–H groups in total. The number of carbonyl (C=O) groups is 2. The molecular weight excluding hydrogens is 212 g/mol. The van der Waals surface area contributed by atoms with Crippen molar-refractivity contribution < 1.29 is 19.1 Å². The van der Waals surface area contributed by atoms with Gasteiger partial charge in [-0.05, 0) is 19.1 Å². The lowest BCUT2D eigenvalue weighted by Gasteiger charge is -2.06. The first-order valence-corrected chi connectivity index (χ1v) is 4.79. The summed E-state index contributed by atoms with van der Waals surface area (Å²) in [5.74, 6) is -0.228. The smallest absolute Gasteiger partial charge is 0.321 e. The van der Waals surface area contributed by atoms with E-state index in [0.29, 0.717) is 5.76 Å². The largest absolute Gasteiger partial charge is 0.480 e. The third-order valence-electron chi connectivity index (χ3n) is 1.98. The number of furan rings is 1. The molecule has 6 nitrogen and oxygen atoms in total. The summed E-state index contributed by atoms with van der Waals surface area (Å²) in [5.41, 5.74) is 5.21. The number of carbonyl (C=O) groups excluding carboxylic acids is 1. The number of hydrogen-bond donors (Lipinski definition) is 3. The number of nitrogens with two attached hydrogens (primary N) is 1. The van der Waals surface area contributed by atoms with Crippen molar-refractivity contribution in [2.24, 2.45) is 5.73 Å². The molecule has 16 heavy (non-hydrogen) atoms. The van der Waals surface area contributed by atoms with Crippen LogP contribution in [0.15, 0.2) is 16.5 Å². The Kier molecular flexibility index (Phi) is 4.07. The van der Waals surface area contributed by atoms with Crippen LogP contribution in [0.3, 0.4) is 0 Å². The maximum Gasteiger partial charge on any atom is 0.321 e. The van der Waals surface area contributed by atoms with E-state index in [2.05, 4.69) is 5.32 Å². The second kappa shape index (κ2) is 5.32.